The number of hydrogen-bond acceptors (Lipinski definition) is 1. The molecule has 0 aliphatic heterocycles. The highest BCUT2D eigenvalue weighted by atomic mass is 14.7. The molecule has 0 saturated carbocycles. The molecule has 40 heavy (non-hydrogen) atoms. The van der Waals surface area contributed by atoms with Gasteiger partial charge in [-0.3, -0.25) is 0 Å². The molecule has 1 aromatic heterocycles. The van der Waals surface area contributed by atoms with E-state index < -0.39 is 0 Å². The molecule has 186 valence electrons. The van der Waals surface area contributed by atoms with E-state index in [2.05, 4.69) is 152 Å². The Morgan fingerprint density at radius 1 is 0.325 bits per heavy atom. The van der Waals surface area contributed by atoms with Gasteiger partial charge < -0.3 is 0 Å². The van der Waals surface area contributed by atoms with E-state index in [-0.39, 0.29) is 0 Å². The fourth-order valence-electron chi connectivity index (χ4n) is 6.31. The van der Waals surface area contributed by atoms with Crippen molar-refractivity contribution in [2.24, 2.45) is 0 Å². The number of aromatic nitrogens is 1. The van der Waals surface area contributed by atoms with E-state index in [1.54, 1.807) is 0 Å². The Hall–Kier alpha value is -5.27. The van der Waals surface area contributed by atoms with E-state index in [0.29, 0.717) is 0 Å². The molecule has 0 N–H and O–H groups in total. The molecule has 0 fully saturated rings. The average Bonchev–Trinajstić information content (AvgIpc) is 3.03. The number of rotatable bonds is 3. The van der Waals surface area contributed by atoms with Crippen molar-refractivity contribution < 1.29 is 0 Å². The second kappa shape index (κ2) is 9.18. The van der Waals surface area contributed by atoms with Gasteiger partial charge in [0.15, 0.2) is 0 Å². The topological polar surface area (TPSA) is 12.9 Å². The van der Waals surface area contributed by atoms with Crippen LogP contribution in [0.3, 0.4) is 0 Å². The van der Waals surface area contributed by atoms with Crippen LogP contribution < -0.4 is 0 Å². The van der Waals surface area contributed by atoms with Crippen LogP contribution in [0.15, 0.2) is 152 Å². The van der Waals surface area contributed by atoms with Gasteiger partial charge in [0.25, 0.3) is 0 Å². The number of hydrogen-bond donors (Lipinski definition) is 0. The zero-order valence-electron chi connectivity index (χ0n) is 21.9. The Morgan fingerprint density at radius 3 is 1.60 bits per heavy atom. The largest absolute Gasteiger partial charge is 0.248 e. The van der Waals surface area contributed by atoms with E-state index in [4.69, 9.17) is 4.98 Å². The third-order valence-electron chi connectivity index (χ3n) is 8.06. The molecule has 0 spiro atoms. The smallest absolute Gasteiger partial charge is 0.0715 e. The first-order chi connectivity index (χ1) is 19.9. The van der Waals surface area contributed by atoms with Crippen molar-refractivity contribution in [3.05, 3.63) is 152 Å². The summed E-state index contributed by atoms with van der Waals surface area (Å²) in [5.41, 5.74) is 8.15. The molecule has 0 atom stereocenters. The highest BCUT2D eigenvalue weighted by Gasteiger charge is 2.18. The number of pyridine rings is 1. The predicted molar refractivity (Wildman–Crippen MR) is 171 cm³/mol. The van der Waals surface area contributed by atoms with Gasteiger partial charge in [-0.05, 0) is 66.7 Å². The molecular weight excluding hydrogens is 482 g/mol. The van der Waals surface area contributed by atoms with Crippen molar-refractivity contribution in [3.63, 3.8) is 0 Å². The minimum Gasteiger partial charge on any atom is -0.248 e. The van der Waals surface area contributed by atoms with Gasteiger partial charge in [0.05, 0.1) is 11.2 Å². The maximum atomic E-state index is 5.21. The lowest BCUT2D eigenvalue weighted by Crippen LogP contribution is -1.93. The summed E-state index contributed by atoms with van der Waals surface area (Å²) < 4.78 is 0. The van der Waals surface area contributed by atoms with Gasteiger partial charge in [-0.2, -0.15) is 0 Å². The van der Waals surface area contributed by atoms with E-state index in [1.807, 2.05) is 0 Å². The lowest BCUT2D eigenvalue weighted by atomic mass is 9.85. The monoisotopic (exact) mass is 507 g/mol. The van der Waals surface area contributed by atoms with Crippen LogP contribution in [0.25, 0.3) is 76.7 Å². The minimum absolute atomic E-state index is 0.996. The normalized spacial score (nSPS) is 11.5. The van der Waals surface area contributed by atoms with Crippen LogP contribution >= 0.6 is 0 Å². The van der Waals surface area contributed by atoms with Crippen molar-refractivity contribution in [3.8, 4) is 33.5 Å². The van der Waals surface area contributed by atoms with Gasteiger partial charge in [0, 0.05) is 10.9 Å². The van der Waals surface area contributed by atoms with Crippen LogP contribution in [-0.4, -0.2) is 4.98 Å². The lowest BCUT2D eigenvalue weighted by molar-refractivity contribution is 1.41. The summed E-state index contributed by atoms with van der Waals surface area (Å²) >= 11 is 0. The zero-order valence-corrected chi connectivity index (χ0v) is 21.9. The zero-order chi connectivity index (χ0) is 26.5. The first kappa shape index (κ1) is 22.7. The van der Waals surface area contributed by atoms with Gasteiger partial charge in [0.1, 0.15) is 0 Å². The number of nitrogens with zero attached hydrogens (tertiary/aromatic N) is 1. The second-order valence-electron chi connectivity index (χ2n) is 10.3. The van der Waals surface area contributed by atoms with Crippen molar-refractivity contribution in [2.45, 2.75) is 0 Å². The highest BCUT2D eigenvalue weighted by molar-refractivity contribution is 6.23. The summed E-state index contributed by atoms with van der Waals surface area (Å²) in [6.07, 6.45) is 0. The fraction of sp³-hybridized carbons (Fsp3) is 0. The molecule has 8 aromatic rings. The van der Waals surface area contributed by atoms with Crippen LogP contribution in [0.2, 0.25) is 0 Å². The molecule has 0 radical (unpaired) electrons. The fourth-order valence-corrected chi connectivity index (χ4v) is 6.31. The van der Waals surface area contributed by atoms with E-state index in [9.17, 15) is 0 Å². The van der Waals surface area contributed by atoms with E-state index in [1.165, 1.54) is 54.6 Å². The van der Waals surface area contributed by atoms with Crippen molar-refractivity contribution in [1.29, 1.82) is 0 Å². The summed E-state index contributed by atoms with van der Waals surface area (Å²) in [6.45, 7) is 0. The Bertz CT molecular complexity index is 2150. The van der Waals surface area contributed by atoms with Gasteiger partial charge in [-0.15, -0.1) is 0 Å². The molecular formula is C39H25N. The van der Waals surface area contributed by atoms with Crippen LogP contribution in [0.5, 0.6) is 0 Å². The van der Waals surface area contributed by atoms with Crippen LogP contribution in [0, 0.1) is 0 Å². The van der Waals surface area contributed by atoms with Crippen molar-refractivity contribution in [1.82, 2.24) is 4.98 Å². The molecule has 8 rings (SSSR count). The predicted octanol–water partition coefficient (Wildman–Crippen LogP) is 10.7. The first-order valence-corrected chi connectivity index (χ1v) is 13.7. The molecule has 1 heterocycles. The molecule has 0 saturated heterocycles. The second-order valence-corrected chi connectivity index (χ2v) is 10.3. The third-order valence-corrected chi connectivity index (χ3v) is 8.06. The summed E-state index contributed by atoms with van der Waals surface area (Å²) in [4.78, 5) is 5.21. The standard InChI is InChI=1S/C39H25N/c1-2-13-27(14-3-1)38-32-17-6-8-19-34(32)39(35-20-9-7-18-33(35)38)31-22-11-23-36-30(31)24-25-37(40-36)29-21-10-15-26-12-4-5-16-28(26)29/h1-25H. The van der Waals surface area contributed by atoms with Crippen LogP contribution in [0.4, 0.5) is 0 Å². The Labute approximate surface area is 233 Å². The molecule has 0 amide bonds. The summed E-state index contributed by atoms with van der Waals surface area (Å²) in [7, 11) is 0. The summed E-state index contributed by atoms with van der Waals surface area (Å²) in [5, 5.41) is 8.65. The maximum absolute atomic E-state index is 5.21. The molecule has 0 aliphatic carbocycles. The highest BCUT2D eigenvalue weighted by Crippen LogP contribution is 2.45. The molecule has 0 bridgehead atoms. The lowest BCUT2D eigenvalue weighted by Gasteiger charge is -2.18. The van der Waals surface area contributed by atoms with Crippen molar-refractivity contribution >= 4 is 43.2 Å². The molecule has 7 aromatic carbocycles. The Balaban J connectivity index is 1.42. The van der Waals surface area contributed by atoms with Gasteiger partial charge in [-0.25, -0.2) is 4.98 Å². The SMILES string of the molecule is c1ccc(-c2c3ccccc3c(-c3cccc4nc(-c5cccc6ccccc56)ccc34)c3ccccc23)cc1. The Kier molecular flexibility index (Phi) is 5.21. The first-order valence-electron chi connectivity index (χ1n) is 13.7. The molecule has 0 aliphatic rings. The quantitative estimate of drug-likeness (QED) is 0.217. The number of fused-ring (bicyclic) bond motifs is 4. The van der Waals surface area contributed by atoms with E-state index >= 15 is 0 Å². The third kappa shape index (κ3) is 3.52. The van der Waals surface area contributed by atoms with Gasteiger partial charge >= 0.3 is 0 Å². The summed E-state index contributed by atoms with van der Waals surface area (Å²) in [5.74, 6) is 0. The minimum atomic E-state index is 0.996. The van der Waals surface area contributed by atoms with Crippen molar-refractivity contribution in [2.75, 3.05) is 0 Å². The maximum Gasteiger partial charge on any atom is 0.0715 e. The van der Waals surface area contributed by atoms with Crippen LogP contribution in [-0.2, 0) is 0 Å². The summed E-state index contributed by atoms with van der Waals surface area (Å²) in [6, 6.07) is 54.3. The molecule has 1 heteroatoms. The van der Waals surface area contributed by atoms with Crippen LogP contribution in [0.1, 0.15) is 0 Å². The van der Waals surface area contributed by atoms with E-state index in [0.717, 1.165) is 22.2 Å². The average molecular weight is 508 g/mol. The van der Waals surface area contributed by atoms with Gasteiger partial charge in [0.2, 0.25) is 0 Å². The number of benzene rings is 7. The Morgan fingerprint density at radius 2 is 0.875 bits per heavy atom. The van der Waals surface area contributed by atoms with Gasteiger partial charge in [-0.1, -0.05) is 140 Å². The molecule has 0 unspecified atom stereocenters. The molecule has 1 nitrogen and oxygen atoms in total.